The van der Waals surface area contributed by atoms with Crippen LogP contribution in [0.5, 0.6) is 5.75 Å². The number of carbonyl (C=O) groups is 1. The highest BCUT2D eigenvalue weighted by Crippen LogP contribution is 2.28. The van der Waals surface area contributed by atoms with Crippen LogP contribution in [0.15, 0.2) is 54.9 Å². The normalized spacial score (nSPS) is 10.2. The topological polar surface area (TPSA) is 89.0 Å². The summed E-state index contributed by atoms with van der Waals surface area (Å²) < 4.78 is 5.12. The van der Waals surface area contributed by atoms with Gasteiger partial charge in [0.1, 0.15) is 11.4 Å². The number of pyridine rings is 1. The first-order valence-corrected chi connectivity index (χ1v) is 8.15. The van der Waals surface area contributed by atoms with Crippen LogP contribution in [-0.2, 0) is 6.54 Å². The van der Waals surface area contributed by atoms with Crippen molar-refractivity contribution in [3.8, 4) is 5.75 Å². The Morgan fingerprint density at radius 2 is 2.04 bits per heavy atom. The summed E-state index contributed by atoms with van der Waals surface area (Å²) in [6, 6.07) is 12.3. The molecular weight excluding hydrogens is 354 g/mol. The smallest absolute Gasteiger partial charge is 0.270 e. The summed E-state index contributed by atoms with van der Waals surface area (Å²) in [6.07, 6.45) is 3.18. The predicted molar refractivity (Wildman–Crippen MR) is 98.7 cm³/mol. The molecule has 0 fully saturated rings. The molecule has 7 nitrogen and oxygen atoms in total. The van der Waals surface area contributed by atoms with Crippen LogP contribution in [0.2, 0.25) is 5.02 Å². The van der Waals surface area contributed by atoms with Gasteiger partial charge in [0.2, 0.25) is 5.95 Å². The first-order chi connectivity index (χ1) is 12.7. The molecule has 0 saturated carbocycles. The summed E-state index contributed by atoms with van der Waals surface area (Å²) in [7, 11) is 1.55. The highest BCUT2D eigenvalue weighted by Gasteiger charge is 2.10. The predicted octanol–water partition coefficient (Wildman–Crippen LogP) is 3.21. The molecule has 0 unspecified atom stereocenters. The third-order valence-electron chi connectivity index (χ3n) is 3.45. The van der Waals surface area contributed by atoms with E-state index in [0.29, 0.717) is 23.0 Å². The lowest BCUT2D eigenvalue weighted by molar-refractivity contribution is 0.0945. The molecule has 2 heterocycles. The fourth-order valence-corrected chi connectivity index (χ4v) is 2.44. The van der Waals surface area contributed by atoms with Crippen LogP contribution in [-0.4, -0.2) is 28.0 Å². The van der Waals surface area contributed by atoms with Crippen molar-refractivity contribution in [2.75, 3.05) is 12.4 Å². The number of carbonyl (C=O) groups excluding carboxylic acids is 1. The second kappa shape index (κ2) is 8.26. The molecule has 3 aromatic rings. The molecule has 0 saturated heterocycles. The van der Waals surface area contributed by atoms with Crippen molar-refractivity contribution in [2.24, 2.45) is 0 Å². The molecule has 0 aliphatic carbocycles. The lowest BCUT2D eigenvalue weighted by Crippen LogP contribution is -2.24. The molecular formula is C18H16ClN5O2. The van der Waals surface area contributed by atoms with E-state index in [9.17, 15) is 4.79 Å². The Labute approximate surface area is 155 Å². The molecule has 8 heteroatoms. The largest absolute Gasteiger partial charge is 0.495 e. The third-order valence-corrected chi connectivity index (χ3v) is 3.75. The van der Waals surface area contributed by atoms with Crippen molar-refractivity contribution < 1.29 is 9.53 Å². The van der Waals surface area contributed by atoms with Crippen molar-refractivity contribution in [2.45, 2.75) is 6.54 Å². The molecule has 2 aromatic heterocycles. The molecule has 3 rings (SSSR count). The van der Waals surface area contributed by atoms with Crippen LogP contribution in [0.1, 0.15) is 16.2 Å². The van der Waals surface area contributed by atoms with Crippen LogP contribution in [0.3, 0.4) is 0 Å². The first kappa shape index (κ1) is 17.6. The maximum absolute atomic E-state index is 12.3. The Balaban J connectivity index is 1.67. The molecule has 1 amide bonds. The fraction of sp³-hybridized carbons (Fsp3) is 0.111. The second-order valence-electron chi connectivity index (χ2n) is 5.24. The Morgan fingerprint density at radius 3 is 2.77 bits per heavy atom. The highest BCUT2D eigenvalue weighted by molar-refractivity contribution is 6.32. The molecule has 0 atom stereocenters. The van der Waals surface area contributed by atoms with Gasteiger partial charge in [0.25, 0.3) is 5.91 Å². The van der Waals surface area contributed by atoms with E-state index in [2.05, 4.69) is 25.6 Å². The van der Waals surface area contributed by atoms with Crippen molar-refractivity contribution in [3.63, 3.8) is 0 Å². The van der Waals surface area contributed by atoms with Gasteiger partial charge in [-0.15, -0.1) is 0 Å². The number of halogens is 1. The fourth-order valence-electron chi connectivity index (χ4n) is 2.18. The molecule has 0 spiro atoms. The number of benzene rings is 1. The number of nitrogens with one attached hydrogen (secondary N) is 2. The van der Waals surface area contributed by atoms with Gasteiger partial charge in [-0.25, -0.2) is 9.97 Å². The Bertz CT molecular complexity index is 905. The van der Waals surface area contributed by atoms with E-state index in [4.69, 9.17) is 16.3 Å². The van der Waals surface area contributed by atoms with Gasteiger partial charge >= 0.3 is 0 Å². The SMILES string of the molecule is COc1ccc(Nc2nccc(C(=O)NCc3ccccn3)n2)cc1Cl. The van der Waals surface area contributed by atoms with Gasteiger partial charge in [0.05, 0.1) is 24.4 Å². The molecule has 2 N–H and O–H groups in total. The number of hydrogen-bond acceptors (Lipinski definition) is 6. The summed E-state index contributed by atoms with van der Waals surface area (Å²) in [4.78, 5) is 24.8. The Hall–Kier alpha value is -3.19. The zero-order valence-corrected chi connectivity index (χ0v) is 14.7. The summed E-state index contributed by atoms with van der Waals surface area (Å²) in [6.45, 7) is 0.320. The molecule has 0 aliphatic heterocycles. The Kier molecular flexibility index (Phi) is 5.60. The molecule has 1 aromatic carbocycles. The van der Waals surface area contributed by atoms with E-state index < -0.39 is 0 Å². The molecule has 0 radical (unpaired) electrons. The first-order valence-electron chi connectivity index (χ1n) is 7.77. The minimum atomic E-state index is -0.311. The number of aromatic nitrogens is 3. The number of anilines is 2. The van der Waals surface area contributed by atoms with E-state index in [1.165, 1.54) is 6.20 Å². The van der Waals surface area contributed by atoms with E-state index in [0.717, 1.165) is 5.69 Å². The average molecular weight is 370 g/mol. The van der Waals surface area contributed by atoms with Crippen LogP contribution in [0.25, 0.3) is 0 Å². The van der Waals surface area contributed by atoms with Crippen LogP contribution in [0.4, 0.5) is 11.6 Å². The lowest BCUT2D eigenvalue weighted by Gasteiger charge is -2.09. The molecule has 0 bridgehead atoms. The second-order valence-corrected chi connectivity index (χ2v) is 5.65. The molecule has 132 valence electrons. The van der Waals surface area contributed by atoms with Gasteiger partial charge in [-0.3, -0.25) is 9.78 Å². The number of methoxy groups -OCH3 is 1. The van der Waals surface area contributed by atoms with Gasteiger partial charge in [0.15, 0.2) is 0 Å². The minimum Gasteiger partial charge on any atom is -0.495 e. The van der Waals surface area contributed by atoms with Crippen LogP contribution in [0, 0.1) is 0 Å². The zero-order chi connectivity index (χ0) is 18.4. The summed E-state index contributed by atoms with van der Waals surface area (Å²) in [5.41, 5.74) is 1.70. The third kappa shape index (κ3) is 4.46. The van der Waals surface area contributed by atoms with E-state index >= 15 is 0 Å². The molecule has 26 heavy (non-hydrogen) atoms. The van der Waals surface area contributed by atoms with Gasteiger partial charge < -0.3 is 15.4 Å². The quantitative estimate of drug-likeness (QED) is 0.693. The molecule has 0 aliphatic rings. The number of nitrogens with zero attached hydrogens (tertiary/aromatic N) is 3. The zero-order valence-electron chi connectivity index (χ0n) is 13.9. The van der Waals surface area contributed by atoms with Gasteiger partial charge in [-0.05, 0) is 36.4 Å². The summed E-state index contributed by atoms with van der Waals surface area (Å²) in [5.74, 6) is 0.548. The Morgan fingerprint density at radius 1 is 1.15 bits per heavy atom. The van der Waals surface area contributed by atoms with Gasteiger partial charge in [-0.2, -0.15) is 0 Å². The van der Waals surface area contributed by atoms with E-state index in [-0.39, 0.29) is 17.5 Å². The van der Waals surface area contributed by atoms with E-state index in [1.54, 1.807) is 37.6 Å². The minimum absolute atomic E-state index is 0.248. The van der Waals surface area contributed by atoms with Crippen molar-refractivity contribution in [1.82, 2.24) is 20.3 Å². The standard InChI is InChI=1S/C18H16ClN5O2/c1-26-16-6-5-12(10-14(16)19)23-18-21-9-7-15(24-18)17(25)22-11-13-4-2-3-8-20-13/h2-10H,11H2,1H3,(H,22,25)(H,21,23,24). The van der Waals surface area contributed by atoms with E-state index in [1.807, 2.05) is 18.2 Å². The number of rotatable bonds is 6. The van der Waals surface area contributed by atoms with Crippen LogP contribution >= 0.6 is 11.6 Å². The maximum Gasteiger partial charge on any atom is 0.270 e. The number of hydrogen-bond donors (Lipinski definition) is 2. The van der Waals surface area contributed by atoms with Crippen molar-refractivity contribution in [3.05, 3.63) is 71.3 Å². The summed E-state index contributed by atoms with van der Waals surface area (Å²) >= 11 is 6.10. The lowest BCUT2D eigenvalue weighted by atomic mass is 10.3. The monoisotopic (exact) mass is 369 g/mol. The average Bonchev–Trinajstić information content (AvgIpc) is 2.67. The summed E-state index contributed by atoms with van der Waals surface area (Å²) in [5, 5.41) is 6.24. The van der Waals surface area contributed by atoms with Gasteiger partial charge in [0, 0.05) is 18.1 Å². The van der Waals surface area contributed by atoms with Gasteiger partial charge in [-0.1, -0.05) is 17.7 Å². The van der Waals surface area contributed by atoms with Crippen molar-refractivity contribution >= 4 is 29.1 Å². The maximum atomic E-state index is 12.3. The van der Waals surface area contributed by atoms with Crippen LogP contribution < -0.4 is 15.4 Å². The number of ether oxygens (including phenoxy) is 1. The van der Waals surface area contributed by atoms with Crippen molar-refractivity contribution in [1.29, 1.82) is 0 Å². The number of amides is 1. The highest BCUT2D eigenvalue weighted by atomic mass is 35.5.